The SMILES string of the molecule is O=C(c1noc2c1CCCC2)N1C[C@H](O)[C@@H](N2CCCCC2)C1. The van der Waals surface area contributed by atoms with Gasteiger partial charge in [-0.2, -0.15) is 0 Å². The van der Waals surface area contributed by atoms with Crippen LogP contribution in [0.2, 0.25) is 0 Å². The summed E-state index contributed by atoms with van der Waals surface area (Å²) in [5, 5.41) is 14.5. The van der Waals surface area contributed by atoms with E-state index in [1.54, 1.807) is 4.90 Å². The molecule has 2 saturated heterocycles. The molecule has 2 fully saturated rings. The number of aromatic nitrogens is 1. The second-order valence-corrected chi connectivity index (χ2v) is 7.08. The second kappa shape index (κ2) is 6.24. The van der Waals surface area contributed by atoms with Crippen molar-refractivity contribution in [2.24, 2.45) is 0 Å². The van der Waals surface area contributed by atoms with Gasteiger partial charge in [-0.15, -0.1) is 0 Å². The van der Waals surface area contributed by atoms with E-state index in [9.17, 15) is 9.90 Å². The minimum Gasteiger partial charge on any atom is -0.390 e. The molecule has 1 aromatic heterocycles. The van der Waals surface area contributed by atoms with Crippen LogP contribution in [0.15, 0.2) is 4.52 Å². The maximum absolute atomic E-state index is 12.8. The highest BCUT2D eigenvalue weighted by Gasteiger charge is 2.39. The van der Waals surface area contributed by atoms with Crippen LogP contribution in [-0.2, 0) is 12.8 Å². The molecule has 2 aliphatic heterocycles. The van der Waals surface area contributed by atoms with Crippen LogP contribution < -0.4 is 0 Å². The van der Waals surface area contributed by atoms with E-state index in [0.717, 1.165) is 50.1 Å². The lowest BCUT2D eigenvalue weighted by Gasteiger charge is -2.33. The van der Waals surface area contributed by atoms with Crippen molar-refractivity contribution in [3.05, 3.63) is 17.0 Å². The molecule has 0 spiro atoms. The van der Waals surface area contributed by atoms with Gasteiger partial charge in [0, 0.05) is 25.1 Å². The van der Waals surface area contributed by atoms with E-state index in [0.29, 0.717) is 18.8 Å². The van der Waals surface area contributed by atoms with Crippen LogP contribution in [0, 0.1) is 0 Å². The van der Waals surface area contributed by atoms with Crippen LogP contribution in [-0.4, -0.2) is 64.3 Å². The summed E-state index contributed by atoms with van der Waals surface area (Å²) in [5.41, 5.74) is 1.48. The van der Waals surface area contributed by atoms with Gasteiger partial charge in [0.05, 0.1) is 12.1 Å². The number of hydrogen-bond donors (Lipinski definition) is 1. The first-order chi connectivity index (χ1) is 11.2. The lowest BCUT2D eigenvalue weighted by molar-refractivity contribution is 0.0702. The highest BCUT2D eigenvalue weighted by atomic mass is 16.5. The van der Waals surface area contributed by atoms with Gasteiger partial charge in [-0.25, -0.2) is 0 Å². The Morgan fingerprint density at radius 2 is 1.87 bits per heavy atom. The average Bonchev–Trinajstić information content (AvgIpc) is 3.19. The molecule has 1 amide bonds. The summed E-state index contributed by atoms with van der Waals surface area (Å²) in [4.78, 5) is 16.9. The first kappa shape index (κ1) is 15.1. The van der Waals surface area contributed by atoms with E-state index >= 15 is 0 Å². The van der Waals surface area contributed by atoms with Crippen LogP contribution in [0.3, 0.4) is 0 Å². The number of nitrogens with zero attached hydrogens (tertiary/aromatic N) is 3. The van der Waals surface area contributed by atoms with Crippen molar-refractivity contribution in [2.75, 3.05) is 26.2 Å². The highest BCUT2D eigenvalue weighted by Crippen LogP contribution is 2.27. The van der Waals surface area contributed by atoms with Gasteiger partial charge < -0.3 is 14.5 Å². The summed E-state index contributed by atoms with van der Waals surface area (Å²) in [5.74, 6) is 0.808. The van der Waals surface area contributed by atoms with Crippen LogP contribution in [0.4, 0.5) is 0 Å². The largest absolute Gasteiger partial charge is 0.390 e. The normalized spacial score (nSPS) is 28.8. The molecule has 6 nitrogen and oxygen atoms in total. The Bertz CT molecular complexity index is 580. The number of rotatable bonds is 2. The number of β-amino-alcohol motifs (C(OH)–C–C–N with tert-alkyl or cyclic N) is 1. The molecule has 3 heterocycles. The summed E-state index contributed by atoms with van der Waals surface area (Å²) in [6, 6.07) is 0.0713. The maximum Gasteiger partial charge on any atom is 0.276 e. The Labute approximate surface area is 136 Å². The van der Waals surface area contributed by atoms with E-state index in [2.05, 4.69) is 10.1 Å². The molecule has 1 aliphatic carbocycles. The van der Waals surface area contributed by atoms with Gasteiger partial charge in [-0.1, -0.05) is 11.6 Å². The predicted molar refractivity (Wildman–Crippen MR) is 84.3 cm³/mol. The number of carbonyl (C=O) groups is 1. The van der Waals surface area contributed by atoms with E-state index in [1.807, 2.05) is 0 Å². The van der Waals surface area contributed by atoms with Gasteiger partial charge in [0.15, 0.2) is 5.69 Å². The first-order valence-electron chi connectivity index (χ1n) is 8.93. The van der Waals surface area contributed by atoms with Crippen LogP contribution in [0.25, 0.3) is 0 Å². The zero-order valence-electron chi connectivity index (χ0n) is 13.5. The molecule has 0 aromatic carbocycles. The van der Waals surface area contributed by atoms with E-state index in [1.165, 1.54) is 19.3 Å². The Hall–Kier alpha value is -1.40. The van der Waals surface area contributed by atoms with Crippen molar-refractivity contribution in [2.45, 2.75) is 57.1 Å². The third-order valence-corrected chi connectivity index (χ3v) is 5.56. The van der Waals surface area contributed by atoms with Crippen molar-refractivity contribution < 1.29 is 14.4 Å². The molecule has 126 valence electrons. The van der Waals surface area contributed by atoms with Gasteiger partial charge in [-0.3, -0.25) is 9.69 Å². The Kier molecular flexibility index (Phi) is 4.11. The van der Waals surface area contributed by atoms with Gasteiger partial charge in [-0.05, 0) is 45.2 Å². The molecule has 2 atom stereocenters. The Balaban J connectivity index is 1.48. The quantitative estimate of drug-likeness (QED) is 0.888. The second-order valence-electron chi connectivity index (χ2n) is 7.08. The van der Waals surface area contributed by atoms with Gasteiger partial charge in [0.25, 0.3) is 5.91 Å². The summed E-state index contributed by atoms with van der Waals surface area (Å²) >= 11 is 0. The molecule has 0 unspecified atom stereocenters. The standard InChI is InChI=1S/C17H25N3O3/c21-14-11-20(10-13(14)19-8-4-1-5-9-19)17(22)16-12-6-2-3-7-15(12)23-18-16/h13-14,21H,1-11H2/t13-,14-/m0/s1. The smallest absolute Gasteiger partial charge is 0.276 e. The maximum atomic E-state index is 12.8. The summed E-state index contributed by atoms with van der Waals surface area (Å²) in [7, 11) is 0. The van der Waals surface area contributed by atoms with Crippen molar-refractivity contribution in [1.29, 1.82) is 0 Å². The van der Waals surface area contributed by atoms with Gasteiger partial charge in [0.2, 0.25) is 0 Å². The summed E-state index contributed by atoms with van der Waals surface area (Å²) in [6.07, 6.45) is 7.15. The lowest BCUT2D eigenvalue weighted by atomic mass is 9.96. The fourth-order valence-corrected chi connectivity index (χ4v) is 4.25. The zero-order valence-corrected chi connectivity index (χ0v) is 13.5. The zero-order chi connectivity index (χ0) is 15.8. The molecule has 3 aliphatic rings. The number of amides is 1. The molecular weight excluding hydrogens is 294 g/mol. The Morgan fingerprint density at radius 1 is 1.09 bits per heavy atom. The highest BCUT2D eigenvalue weighted by molar-refractivity contribution is 5.94. The van der Waals surface area contributed by atoms with Crippen molar-refractivity contribution in [3.63, 3.8) is 0 Å². The summed E-state index contributed by atoms with van der Waals surface area (Å²) < 4.78 is 5.37. The molecule has 23 heavy (non-hydrogen) atoms. The third kappa shape index (κ3) is 2.78. The van der Waals surface area contributed by atoms with E-state index < -0.39 is 6.10 Å². The Morgan fingerprint density at radius 3 is 2.70 bits per heavy atom. The number of piperidine rings is 1. The molecule has 6 heteroatoms. The van der Waals surface area contributed by atoms with Gasteiger partial charge >= 0.3 is 0 Å². The minimum atomic E-state index is -0.459. The fourth-order valence-electron chi connectivity index (χ4n) is 4.25. The van der Waals surface area contributed by atoms with Crippen LogP contribution in [0.1, 0.15) is 53.9 Å². The van der Waals surface area contributed by atoms with Gasteiger partial charge in [0.1, 0.15) is 5.76 Å². The lowest BCUT2D eigenvalue weighted by Crippen LogP contribution is -2.46. The number of aliphatic hydroxyl groups excluding tert-OH is 1. The van der Waals surface area contributed by atoms with Crippen molar-refractivity contribution in [3.8, 4) is 0 Å². The number of likely N-dealkylation sites (tertiary alicyclic amines) is 2. The molecule has 0 bridgehead atoms. The molecule has 1 N–H and O–H groups in total. The monoisotopic (exact) mass is 319 g/mol. The molecule has 0 saturated carbocycles. The first-order valence-corrected chi connectivity index (χ1v) is 8.93. The average molecular weight is 319 g/mol. The minimum absolute atomic E-state index is 0.0713. The third-order valence-electron chi connectivity index (χ3n) is 5.56. The summed E-state index contributed by atoms with van der Waals surface area (Å²) in [6.45, 7) is 3.06. The number of fused-ring (bicyclic) bond motifs is 1. The number of hydrogen-bond acceptors (Lipinski definition) is 5. The van der Waals surface area contributed by atoms with Crippen LogP contribution in [0.5, 0.6) is 0 Å². The number of aryl methyl sites for hydroxylation is 1. The molecule has 4 rings (SSSR count). The number of carbonyl (C=O) groups excluding carboxylic acids is 1. The van der Waals surface area contributed by atoms with E-state index in [4.69, 9.17) is 4.52 Å². The fraction of sp³-hybridized carbons (Fsp3) is 0.765. The predicted octanol–water partition coefficient (Wildman–Crippen LogP) is 1.22. The van der Waals surface area contributed by atoms with Crippen molar-refractivity contribution >= 4 is 5.91 Å². The van der Waals surface area contributed by atoms with E-state index in [-0.39, 0.29) is 11.9 Å². The topological polar surface area (TPSA) is 69.8 Å². The number of aliphatic hydroxyl groups is 1. The van der Waals surface area contributed by atoms with Crippen molar-refractivity contribution in [1.82, 2.24) is 15.0 Å². The van der Waals surface area contributed by atoms with Crippen LogP contribution >= 0.6 is 0 Å². The molecule has 1 aromatic rings. The molecule has 0 radical (unpaired) electrons. The molecular formula is C17H25N3O3.